The molecule has 4 heteroatoms. The number of fused-ring (bicyclic) bond motifs is 1. The quantitative estimate of drug-likeness (QED) is 0.782. The molecule has 4 nitrogen and oxygen atoms in total. The topological polar surface area (TPSA) is 54.5 Å². The third kappa shape index (κ3) is 1.70. The van der Waals surface area contributed by atoms with E-state index in [1.165, 1.54) is 5.56 Å². The minimum absolute atomic E-state index is 0.283. The monoisotopic (exact) mass is 224 g/mol. The van der Waals surface area contributed by atoms with Crippen LogP contribution in [-0.4, -0.2) is 14.8 Å². The predicted molar refractivity (Wildman–Crippen MR) is 62.2 cm³/mol. The van der Waals surface area contributed by atoms with Gasteiger partial charge in [-0.1, -0.05) is 30.3 Å². The van der Waals surface area contributed by atoms with Crippen LogP contribution in [0, 0.1) is 11.3 Å². The molecule has 1 aromatic heterocycles. The molecule has 1 aliphatic heterocycles. The molecular weight excluding hydrogens is 212 g/mol. The Balaban J connectivity index is 1.96. The van der Waals surface area contributed by atoms with Gasteiger partial charge in [0.15, 0.2) is 5.82 Å². The van der Waals surface area contributed by atoms with Crippen molar-refractivity contribution in [2.24, 2.45) is 0 Å². The second-order valence-corrected chi connectivity index (χ2v) is 4.19. The van der Waals surface area contributed by atoms with Crippen molar-refractivity contribution in [3.05, 3.63) is 47.5 Å². The Hall–Kier alpha value is -2.15. The Morgan fingerprint density at radius 1 is 1.35 bits per heavy atom. The van der Waals surface area contributed by atoms with Crippen molar-refractivity contribution in [2.45, 2.75) is 25.3 Å². The number of aryl methyl sites for hydroxylation is 1. The molecular formula is C13H12N4. The molecule has 1 aliphatic rings. The minimum Gasteiger partial charge on any atom is -0.242 e. The molecule has 0 amide bonds. The zero-order valence-electron chi connectivity index (χ0n) is 9.37. The van der Waals surface area contributed by atoms with Crippen molar-refractivity contribution in [1.29, 1.82) is 5.26 Å². The maximum atomic E-state index is 8.65. The normalized spacial score (nSPS) is 17.7. The van der Waals surface area contributed by atoms with E-state index < -0.39 is 0 Å². The molecule has 0 radical (unpaired) electrons. The van der Waals surface area contributed by atoms with E-state index in [0.29, 0.717) is 12.2 Å². The van der Waals surface area contributed by atoms with E-state index in [1.807, 2.05) is 22.9 Å². The Bertz CT molecular complexity index is 565. The molecule has 0 N–H and O–H groups in total. The predicted octanol–water partition coefficient (Wildman–Crippen LogP) is 1.88. The lowest BCUT2D eigenvalue weighted by Gasteiger charge is -2.11. The summed E-state index contributed by atoms with van der Waals surface area (Å²) in [5.41, 5.74) is 1.26. The third-order valence-electron chi connectivity index (χ3n) is 3.10. The number of hydrogen-bond acceptors (Lipinski definition) is 3. The van der Waals surface area contributed by atoms with E-state index in [-0.39, 0.29) is 6.04 Å². The van der Waals surface area contributed by atoms with Crippen LogP contribution < -0.4 is 0 Å². The highest BCUT2D eigenvalue weighted by Gasteiger charge is 2.26. The van der Waals surface area contributed by atoms with Gasteiger partial charge in [-0.25, -0.2) is 9.67 Å². The first-order valence-corrected chi connectivity index (χ1v) is 5.74. The van der Waals surface area contributed by atoms with Crippen molar-refractivity contribution < 1.29 is 0 Å². The lowest BCUT2D eigenvalue weighted by molar-refractivity contribution is 0.550. The number of nitrogens with zero attached hydrogens (tertiary/aromatic N) is 4. The third-order valence-corrected chi connectivity index (χ3v) is 3.10. The second-order valence-electron chi connectivity index (χ2n) is 4.19. The van der Waals surface area contributed by atoms with Gasteiger partial charge in [0, 0.05) is 6.42 Å². The molecule has 0 fully saturated rings. The van der Waals surface area contributed by atoms with Gasteiger partial charge in [-0.3, -0.25) is 0 Å². The molecule has 17 heavy (non-hydrogen) atoms. The van der Waals surface area contributed by atoms with Crippen molar-refractivity contribution in [1.82, 2.24) is 14.8 Å². The fourth-order valence-corrected chi connectivity index (χ4v) is 2.34. The Kier molecular flexibility index (Phi) is 2.37. The summed E-state index contributed by atoms with van der Waals surface area (Å²) in [6.45, 7) is 0. The van der Waals surface area contributed by atoms with E-state index in [1.54, 1.807) is 0 Å². The SMILES string of the molecule is N#CCc1nc2n(n1)C(c1ccccc1)CC2. The first-order valence-electron chi connectivity index (χ1n) is 5.74. The van der Waals surface area contributed by atoms with E-state index in [0.717, 1.165) is 18.7 Å². The average molecular weight is 224 g/mol. The maximum absolute atomic E-state index is 8.65. The average Bonchev–Trinajstić information content (AvgIpc) is 2.90. The summed E-state index contributed by atoms with van der Waals surface area (Å²) in [4.78, 5) is 4.39. The van der Waals surface area contributed by atoms with Gasteiger partial charge in [-0.05, 0) is 12.0 Å². The molecule has 0 aliphatic carbocycles. The molecule has 1 unspecified atom stereocenters. The first-order chi connectivity index (χ1) is 8.38. The largest absolute Gasteiger partial charge is 0.242 e. The summed E-state index contributed by atoms with van der Waals surface area (Å²) in [5.74, 6) is 1.65. The van der Waals surface area contributed by atoms with Crippen LogP contribution in [0.1, 0.15) is 29.7 Å². The second kappa shape index (κ2) is 4.02. The van der Waals surface area contributed by atoms with Crippen molar-refractivity contribution >= 4 is 0 Å². The van der Waals surface area contributed by atoms with E-state index in [9.17, 15) is 0 Å². The van der Waals surface area contributed by atoms with Crippen LogP contribution in [0.5, 0.6) is 0 Å². The molecule has 0 saturated heterocycles. The molecule has 2 heterocycles. The smallest absolute Gasteiger partial charge is 0.165 e. The molecule has 3 rings (SSSR count). The summed E-state index contributed by atoms with van der Waals surface area (Å²) in [5, 5.41) is 13.1. The molecule has 2 aromatic rings. The van der Waals surface area contributed by atoms with Gasteiger partial charge in [0.1, 0.15) is 5.82 Å². The zero-order valence-corrected chi connectivity index (χ0v) is 9.37. The van der Waals surface area contributed by atoms with Crippen LogP contribution in [0.3, 0.4) is 0 Å². The molecule has 1 atom stereocenters. The van der Waals surface area contributed by atoms with E-state index in [2.05, 4.69) is 28.3 Å². The highest BCUT2D eigenvalue weighted by Crippen LogP contribution is 2.29. The van der Waals surface area contributed by atoms with Gasteiger partial charge in [-0.15, -0.1) is 0 Å². The highest BCUT2D eigenvalue weighted by atomic mass is 15.4. The number of rotatable bonds is 2. The molecule has 0 spiro atoms. The number of nitriles is 1. The molecule has 0 bridgehead atoms. The summed E-state index contributed by atoms with van der Waals surface area (Å²) < 4.78 is 1.97. The van der Waals surface area contributed by atoms with E-state index >= 15 is 0 Å². The van der Waals surface area contributed by atoms with Crippen molar-refractivity contribution in [3.8, 4) is 6.07 Å². The summed E-state index contributed by atoms with van der Waals surface area (Å²) >= 11 is 0. The van der Waals surface area contributed by atoms with Gasteiger partial charge in [0.05, 0.1) is 18.5 Å². The first kappa shape index (κ1) is 10.0. The van der Waals surface area contributed by atoms with Crippen LogP contribution in [0.25, 0.3) is 0 Å². The Morgan fingerprint density at radius 3 is 2.94 bits per heavy atom. The Morgan fingerprint density at radius 2 is 2.18 bits per heavy atom. The lowest BCUT2D eigenvalue weighted by Crippen LogP contribution is -2.07. The van der Waals surface area contributed by atoms with Crippen LogP contribution in [-0.2, 0) is 12.8 Å². The van der Waals surface area contributed by atoms with Crippen molar-refractivity contribution in [3.63, 3.8) is 0 Å². The summed E-state index contributed by atoms with van der Waals surface area (Å²) in [6, 6.07) is 12.7. The van der Waals surface area contributed by atoms with Crippen LogP contribution in [0.4, 0.5) is 0 Å². The maximum Gasteiger partial charge on any atom is 0.165 e. The van der Waals surface area contributed by atoms with Gasteiger partial charge in [0.25, 0.3) is 0 Å². The van der Waals surface area contributed by atoms with Gasteiger partial charge in [-0.2, -0.15) is 10.4 Å². The molecule has 0 saturated carbocycles. The number of aromatic nitrogens is 3. The highest BCUT2D eigenvalue weighted by molar-refractivity contribution is 5.22. The lowest BCUT2D eigenvalue weighted by atomic mass is 10.1. The molecule has 1 aromatic carbocycles. The van der Waals surface area contributed by atoms with Gasteiger partial charge >= 0.3 is 0 Å². The Labute approximate surface area is 99.5 Å². The van der Waals surface area contributed by atoms with Gasteiger partial charge in [0.2, 0.25) is 0 Å². The fourth-order valence-electron chi connectivity index (χ4n) is 2.34. The molecule has 84 valence electrons. The fraction of sp³-hybridized carbons (Fsp3) is 0.308. The summed E-state index contributed by atoms with van der Waals surface area (Å²) in [6.07, 6.45) is 2.28. The zero-order chi connectivity index (χ0) is 11.7. The number of benzene rings is 1. The minimum atomic E-state index is 0.283. The van der Waals surface area contributed by atoms with Crippen LogP contribution >= 0.6 is 0 Å². The van der Waals surface area contributed by atoms with Crippen LogP contribution in [0.2, 0.25) is 0 Å². The van der Waals surface area contributed by atoms with E-state index in [4.69, 9.17) is 5.26 Å². The number of hydrogen-bond donors (Lipinski definition) is 0. The summed E-state index contributed by atoms with van der Waals surface area (Å²) in [7, 11) is 0. The van der Waals surface area contributed by atoms with Gasteiger partial charge < -0.3 is 0 Å². The van der Waals surface area contributed by atoms with Crippen LogP contribution in [0.15, 0.2) is 30.3 Å². The van der Waals surface area contributed by atoms with Crippen molar-refractivity contribution in [2.75, 3.05) is 0 Å². The standard InChI is InChI=1S/C13H12N4/c14-9-8-12-15-13-7-6-11(17(13)16-12)10-4-2-1-3-5-10/h1-5,11H,6-8H2.